The van der Waals surface area contributed by atoms with Crippen molar-refractivity contribution in [3.63, 3.8) is 0 Å². The number of aromatic nitrogens is 3. The van der Waals surface area contributed by atoms with Crippen LogP contribution in [0.1, 0.15) is 10.6 Å². The summed E-state index contributed by atoms with van der Waals surface area (Å²) in [5.41, 5.74) is 2.95. The molecule has 0 aliphatic rings. The minimum Gasteiger partial charge on any atom is -0.444 e. The lowest BCUT2D eigenvalue weighted by Gasteiger charge is -2.04. The van der Waals surface area contributed by atoms with Crippen LogP contribution >= 0.6 is 15.9 Å². The van der Waals surface area contributed by atoms with Crippen LogP contribution in [0.15, 0.2) is 81.9 Å². The lowest BCUT2D eigenvalue weighted by molar-refractivity contribution is 0.0995. The fourth-order valence-corrected chi connectivity index (χ4v) is 3.42. The molecule has 0 saturated heterocycles. The van der Waals surface area contributed by atoms with Gasteiger partial charge in [0.05, 0.1) is 5.69 Å². The van der Waals surface area contributed by atoms with Crippen LogP contribution in [0.25, 0.3) is 27.5 Å². The van der Waals surface area contributed by atoms with Crippen LogP contribution < -0.4 is 5.32 Å². The lowest BCUT2D eigenvalue weighted by Crippen LogP contribution is -2.10. The van der Waals surface area contributed by atoms with Crippen LogP contribution in [0.2, 0.25) is 0 Å². The smallest absolute Gasteiger partial charge is 0.291 e. The molecule has 5 rings (SSSR count). The third-order valence-electron chi connectivity index (χ3n) is 4.42. The Kier molecular flexibility index (Phi) is 3.95. The third kappa shape index (κ3) is 2.95. The summed E-state index contributed by atoms with van der Waals surface area (Å²) < 4.78 is 5.79. The Bertz CT molecular complexity index is 1330. The van der Waals surface area contributed by atoms with Crippen molar-refractivity contribution in [2.24, 2.45) is 0 Å². The van der Waals surface area contributed by atoms with Crippen LogP contribution in [-0.2, 0) is 0 Å². The molecule has 5 aromatic rings. The molecule has 0 fully saturated rings. The van der Waals surface area contributed by atoms with E-state index in [4.69, 9.17) is 4.42 Å². The first kappa shape index (κ1) is 16.7. The molecule has 1 amide bonds. The van der Waals surface area contributed by atoms with Gasteiger partial charge in [-0.3, -0.25) is 4.79 Å². The first-order chi connectivity index (χ1) is 13.7. The van der Waals surface area contributed by atoms with Gasteiger partial charge in [0.1, 0.15) is 11.0 Å². The average molecular weight is 433 g/mol. The van der Waals surface area contributed by atoms with Gasteiger partial charge in [0.25, 0.3) is 5.91 Å². The van der Waals surface area contributed by atoms with E-state index in [1.54, 1.807) is 29.1 Å². The Morgan fingerprint density at radius 2 is 1.75 bits per heavy atom. The van der Waals surface area contributed by atoms with E-state index < -0.39 is 0 Å². The van der Waals surface area contributed by atoms with Crippen molar-refractivity contribution in [1.82, 2.24) is 15.0 Å². The Morgan fingerprint density at radius 1 is 0.929 bits per heavy atom. The van der Waals surface area contributed by atoms with Crippen molar-refractivity contribution in [2.45, 2.75) is 0 Å². The lowest BCUT2D eigenvalue weighted by atomic mass is 10.1. The largest absolute Gasteiger partial charge is 0.444 e. The summed E-state index contributed by atoms with van der Waals surface area (Å²) in [6, 6.07) is 22.8. The van der Waals surface area contributed by atoms with Gasteiger partial charge in [-0.2, -0.15) is 0 Å². The van der Waals surface area contributed by atoms with Gasteiger partial charge in [0.2, 0.25) is 0 Å². The second-order valence-corrected chi connectivity index (χ2v) is 7.03. The average Bonchev–Trinajstić information content (AvgIpc) is 3.33. The van der Waals surface area contributed by atoms with Crippen molar-refractivity contribution >= 4 is 49.3 Å². The van der Waals surface area contributed by atoms with Crippen molar-refractivity contribution in [2.75, 3.05) is 5.32 Å². The number of benzene rings is 3. The zero-order chi connectivity index (χ0) is 19.1. The number of amides is 1. The molecule has 136 valence electrons. The van der Waals surface area contributed by atoms with Gasteiger partial charge in [-0.05, 0) is 57.7 Å². The van der Waals surface area contributed by atoms with E-state index in [0.29, 0.717) is 15.9 Å². The molecule has 0 bridgehead atoms. The van der Waals surface area contributed by atoms with Crippen LogP contribution in [-0.4, -0.2) is 20.9 Å². The number of nitrogens with one attached hydrogen (secondary N) is 1. The Morgan fingerprint density at radius 3 is 2.61 bits per heavy atom. The third-order valence-corrected chi connectivity index (χ3v) is 4.84. The normalized spacial score (nSPS) is 11.2. The maximum atomic E-state index is 12.3. The van der Waals surface area contributed by atoms with E-state index in [1.807, 2.05) is 36.4 Å². The summed E-state index contributed by atoms with van der Waals surface area (Å²) in [5, 5.41) is 14.2. The monoisotopic (exact) mass is 432 g/mol. The zero-order valence-corrected chi connectivity index (χ0v) is 16.1. The quantitative estimate of drug-likeness (QED) is 0.426. The molecule has 0 unspecified atom stereocenters. The summed E-state index contributed by atoms with van der Waals surface area (Å²) in [6.45, 7) is 0. The molecule has 0 aliphatic heterocycles. The van der Waals surface area contributed by atoms with Crippen molar-refractivity contribution in [3.8, 4) is 5.69 Å². The predicted molar refractivity (Wildman–Crippen MR) is 111 cm³/mol. The maximum absolute atomic E-state index is 12.3. The summed E-state index contributed by atoms with van der Waals surface area (Å²) in [5.74, 6) is -0.0992. The molecule has 0 saturated carbocycles. The van der Waals surface area contributed by atoms with E-state index in [-0.39, 0.29) is 11.7 Å². The molecule has 2 aromatic heterocycles. The Hall–Kier alpha value is -3.45. The summed E-state index contributed by atoms with van der Waals surface area (Å²) in [7, 11) is 0. The van der Waals surface area contributed by atoms with Gasteiger partial charge in [-0.15, -0.1) is 15.0 Å². The number of fused-ring (bicyclic) bond motifs is 2. The molecule has 0 spiro atoms. The first-order valence-electron chi connectivity index (χ1n) is 8.59. The Labute approximate surface area is 167 Å². The van der Waals surface area contributed by atoms with E-state index in [2.05, 4.69) is 43.6 Å². The number of carbonyl (C=O) groups is 1. The second kappa shape index (κ2) is 6.61. The van der Waals surface area contributed by atoms with Crippen molar-refractivity contribution in [3.05, 3.63) is 83.2 Å². The first-order valence-corrected chi connectivity index (χ1v) is 9.39. The number of hydrogen-bond acceptors (Lipinski definition) is 4. The highest BCUT2D eigenvalue weighted by molar-refractivity contribution is 9.10. The SMILES string of the molecule is O=C(Nc1ccc2nn(-c3cccc4ccccc34)nc2c1)c1ccc(Br)o1. The summed E-state index contributed by atoms with van der Waals surface area (Å²) >= 11 is 3.19. The van der Waals surface area contributed by atoms with Crippen LogP contribution in [0.3, 0.4) is 0 Å². The zero-order valence-electron chi connectivity index (χ0n) is 14.5. The number of furan rings is 1. The molecule has 3 aromatic carbocycles. The fraction of sp³-hybridized carbons (Fsp3) is 0. The number of anilines is 1. The second-order valence-electron chi connectivity index (χ2n) is 6.25. The van der Waals surface area contributed by atoms with Crippen LogP contribution in [0, 0.1) is 0 Å². The Balaban J connectivity index is 1.51. The van der Waals surface area contributed by atoms with Crippen molar-refractivity contribution in [1.29, 1.82) is 0 Å². The number of nitrogens with zero attached hydrogens (tertiary/aromatic N) is 3. The molecule has 1 N–H and O–H groups in total. The topological polar surface area (TPSA) is 73.0 Å². The number of halogens is 1. The van der Waals surface area contributed by atoms with E-state index >= 15 is 0 Å². The predicted octanol–water partition coefficient (Wildman–Crippen LogP) is 5.18. The maximum Gasteiger partial charge on any atom is 0.291 e. The van der Waals surface area contributed by atoms with Gasteiger partial charge >= 0.3 is 0 Å². The number of hydrogen-bond donors (Lipinski definition) is 1. The molecule has 2 heterocycles. The van der Waals surface area contributed by atoms with Crippen molar-refractivity contribution < 1.29 is 9.21 Å². The molecular weight excluding hydrogens is 420 g/mol. The molecule has 7 heteroatoms. The number of rotatable bonds is 3. The van der Waals surface area contributed by atoms with E-state index in [9.17, 15) is 4.79 Å². The van der Waals surface area contributed by atoms with E-state index in [1.165, 1.54) is 0 Å². The minimum absolute atomic E-state index is 0.228. The van der Waals surface area contributed by atoms with Gasteiger partial charge < -0.3 is 9.73 Å². The minimum atomic E-state index is -0.327. The molecule has 6 nitrogen and oxygen atoms in total. The molecule has 0 radical (unpaired) electrons. The van der Waals surface area contributed by atoms with Gasteiger partial charge in [-0.1, -0.05) is 36.4 Å². The molecule has 0 aliphatic carbocycles. The molecule has 28 heavy (non-hydrogen) atoms. The van der Waals surface area contributed by atoms with Gasteiger partial charge in [0, 0.05) is 11.1 Å². The highest BCUT2D eigenvalue weighted by Gasteiger charge is 2.13. The van der Waals surface area contributed by atoms with Crippen LogP contribution in [0.4, 0.5) is 5.69 Å². The van der Waals surface area contributed by atoms with Crippen LogP contribution in [0.5, 0.6) is 0 Å². The standard InChI is InChI=1S/C21H13BrN4O2/c22-20-11-10-19(28-20)21(27)23-14-8-9-16-17(12-14)25-26(24-16)18-7-3-5-13-4-1-2-6-15(13)18/h1-12H,(H,23,27). The highest BCUT2D eigenvalue weighted by atomic mass is 79.9. The number of carbonyl (C=O) groups excluding carboxylic acids is 1. The summed E-state index contributed by atoms with van der Waals surface area (Å²) in [6.07, 6.45) is 0. The highest BCUT2D eigenvalue weighted by Crippen LogP contribution is 2.24. The summed E-state index contributed by atoms with van der Waals surface area (Å²) in [4.78, 5) is 13.9. The molecule has 0 atom stereocenters. The fourth-order valence-electron chi connectivity index (χ4n) is 3.11. The van der Waals surface area contributed by atoms with Gasteiger partial charge in [0.15, 0.2) is 10.4 Å². The van der Waals surface area contributed by atoms with E-state index in [0.717, 1.165) is 22.0 Å². The molecular formula is C21H13BrN4O2. The van der Waals surface area contributed by atoms with Gasteiger partial charge in [-0.25, -0.2) is 0 Å².